The van der Waals surface area contributed by atoms with E-state index in [-0.39, 0.29) is 11.6 Å². The monoisotopic (exact) mass is 480 g/mol. The molecule has 35 heavy (non-hydrogen) atoms. The van der Waals surface area contributed by atoms with E-state index in [0.29, 0.717) is 29.6 Å². The Kier molecular flexibility index (Phi) is 7.44. The lowest BCUT2D eigenvalue weighted by molar-refractivity contribution is -0.153. The average Bonchev–Trinajstić information content (AvgIpc) is 2.86. The second kappa shape index (κ2) is 10.7. The molecule has 0 N–H and O–H groups in total. The van der Waals surface area contributed by atoms with Crippen molar-refractivity contribution in [2.24, 2.45) is 0 Å². The van der Waals surface area contributed by atoms with Crippen molar-refractivity contribution in [2.75, 3.05) is 6.61 Å². The highest BCUT2D eigenvalue weighted by Gasteiger charge is 2.28. The van der Waals surface area contributed by atoms with E-state index in [1.54, 1.807) is 36.7 Å². The SMILES string of the molecule is C=CCCc1cnc(-c2ccc3c(F)c(CCc4ccc(OCC(F)(F)F)cc4)ccc3c2)nc1. The lowest BCUT2D eigenvalue weighted by atomic mass is 9.99. The van der Waals surface area contributed by atoms with Gasteiger partial charge in [-0.25, -0.2) is 14.4 Å². The maximum Gasteiger partial charge on any atom is 0.422 e. The molecule has 0 spiro atoms. The summed E-state index contributed by atoms with van der Waals surface area (Å²) in [4.78, 5) is 8.88. The number of nitrogens with zero attached hydrogens (tertiary/aromatic N) is 2. The highest BCUT2D eigenvalue weighted by molar-refractivity contribution is 5.87. The third kappa shape index (κ3) is 6.44. The third-order valence-corrected chi connectivity index (χ3v) is 5.64. The number of fused-ring (bicyclic) bond motifs is 1. The van der Waals surface area contributed by atoms with E-state index in [1.807, 2.05) is 24.3 Å². The van der Waals surface area contributed by atoms with E-state index in [4.69, 9.17) is 4.74 Å². The molecule has 1 aromatic heterocycles. The molecule has 0 bridgehead atoms. The van der Waals surface area contributed by atoms with Crippen LogP contribution in [-0.2, 0) is 19.3 Å². The normalized spacial score (nSPS) is 11.5. The van der Waals surface area contributed by atoms with E-state index in [1.165, 1.54) is 12.1 Å². The number of rotatable bonds is 9. The predicted octanol–water partition coefficient (Wildman–Crippen LogP) is 7.28. The summed E-state index contributed by atoms with van der Waals surface area (Å²) in [6, 6.07) is 15.4. The number of hydrogen-bond donors (Lipinski definition) is 0. The van der Waals surface area contributed by atoms with Crippen molar-refractivity contribution in [1.29, 1.82) is 0 Å². The molecule has 0 saturated carbocycles. The molecule has 0 aliphatic heterocycles. The molecule has 0 unspecified atom stereocenters. The Balaban J connectivity index is 1.43. The van der Waals surface area contributed by atoms with E-state index in [2.05, 4.69) is 16.5 Å². The Hall–Kier alpha value is -3.74. The molecule has 7 heteroatoms. The van der Waals surface area contributed by atoms with Gasteiger partial charge in [-0.05, 0) is 66.0 Å². The highest BCUT2D eigenvalue weighted by atomic mass is 19.4. The molecule has 180 valence electrons. The number of halogens is 4. The fourth-order valence-electron chi connectivity index (χ4n) is 3.77. The summed E-state index contributed by atoms with van der Waals surface area (Å²) >= 11 is 0. The quantitative estimate of drug-likeness (QED) is 0.187. The van der Waals surface area contributed by atoms with Crippen LogP contribution in [0.15, 0.2) is 79.6 Å². The van der Waals surface area contributed by atoms with Crippen molar-refractivity contribution in [2.45, 2.75) is 31.9 Å². The van der Waals surface area contributed by atoms with Gasteiger partial charge < -0.3 is 4.74 Å². The molecule has 0 amide bonds. The molecule has 3 nitrogen and oxygen atoms in total. The van der Waals surface area contributed by atoms with Gasteiger partial charge in [-0.15, -0.1) is 6.58 Å². The molecule has 0 aliphatic rings. The zero-order chi connectivity index (χ0) is 24.8. The maximum absolute atomic E-state index is 15.2. The maximum atomic E-state index is 15.2. The first-order valence-corrected chi connectivity index (χ1v) is 11.2. The van der Waals surface area contributed by atoms with Crippen molar-refractivity contribution in [3.05, 3.63) is 102 Å². The third-order valence-electron chi connectivity index (χ3n) is 5.64. The summed E-state index contributed by atoms with van der Waals surface area (Å²) < 4.78 is 56.7. The number of allylic oxidation sites excluding steroid dienone is 1. The molecular weight excluding hydrogens is 456 g/mol. The van der Waals surface area contributed by atoms with Gasteiger partial charge in [0.1, 0.15) is 11.6 Å². The lowest BCUT2D eigenvalue weighted by Gasteiger charge is -2.10. The second-order valence-corrected chi connectivity index (χ2v) is 8.26. The Morgan fingerprint density at radius 3 is 2.29 bits per heavy atom. The van der Waals surface area contributed by atoms with Gasteiger partial charge in [-0.1, -0.05) is 42.5 Å². The molecule has 0 radical (unpaired) electrons. The number of benzene rings is 3. The van der Waals surface area contributed by atoms with Gasteiger partial charge in [-0.2, -0.15) is 13.2 Å². The largest absolute Gasteiger partial charge is 0.484 e. The predicted molar refractivity (Wildman–Crippen MR) is 129 cm³/mol. The van der Waals surface area contributed by atoms with Gasteiger partial charge in [0.25, 0.3) is 0 Å². The van der Waals surface area contributed by atoms with Crippen molar-refractivity contribution in [3.8, 4) is 17.1 Å². The zero-order valence-electron chi connectivity index (χ0n) is 19.0. The Morgan fingerprint density at radius 2 is 1.60 bits per heavy atom. The minimum Gasteiger partial charge on any atom is -0.484 e. The number of ether oxygens (including phenoxy) is 1. The fourth-order valence-corrected chi connectivity index (χ4v) is 3.77. The van der Waals surface area contributed by atoms with Gasteiger partial charge in [0.2, 0.25) is 0 Å². The summed E-state index contributed by atoms with van der Waals surface area (Å²) in [5.74, 6) is 0.454. The molecular formula is C28H24F4N2O. The van der Waals surface area contributed by atoms with Crippen molar-refractivity contribution < 1.29 is 22.3 Å². The Morgan fingerprint density at radius 1 is 0.857 bits per heavy atom. The number of alkyl halides is 3. The molecule has 0 saturated heterocycles. The molecule has 4 aromatic rings. The van der Waals surface area contributed by atoms with E-state index < -0.39 is 12.8 Å². The van der Waals surface area contributed by atoms with Crippen molar-refractivity contribution >= 4 is 10.8 Å². The van der Waals surface area contributed by atoms with Gasteiger partial charge >= 0.3 is 6.18 Å². The van der Waals surface area contributed by atoms with Crippen molar-refractivity contribution in [1.82, 2.24) is 9.97 Å². The second-order valence-electron chi connectivity index (χ2n) is 8.26. The van der Waals surface area contributed by atoms with Crippen LogP contribution in [0, 0.1) is 5.82 Å². The van der Waals surface area contributed by atoms with Gasteiger partial charge in [0.05, 0.1) is 0 Å². The first-order valence-electron chi connectivity index (χ1n) is 11.2. The number of aromatic nitrogens is 2. The van der Waals surface area contributed by atoms with Crippen LogP contribution in [-0.4, -0.2) is 22.8 Å². The Bertz CT molecular complexity index is 1300. The van der Waals surface area contributed by atoms with Crippen molar-refractivity contribution in [3.63, 3.8) is 0 Å². The van der Waals surface area contributed by atoms with Crippen LogP contribution in [0.5, 0.6) is 5.75 Å². The summed E-state index contributed by atoms with van der Waals surface area (Å²) in [6.45, 7) is 2.39. The first-order chi connectivity index (χ1) is 16.8. The van der Waals surface area contributed by atoms with E-state index in [9.17, 15) is 13.2 Å². The summed E-state index contributed by atoms with van der Waals surface area (Å²) in [6.07, 6.45) is 3.79. The molecule has 4 rings (SSSR count). The minimum atomic E-state index is -4.38. The lowest BCUT2D eigenvalue weighted by Crippen LogP contribution is -2.19. The topological polar surface area (TPSA) is 35.0 Å². The van der Waals surface area contributed by atoms with Crippen LogP contribution < -0.4 is 4.74 Å². The molecule has 0 fully saturated rings. The highest BCUT2D eigenvalue weighted by Crippen LogP contribution is 2.27. The van der Waals surface area contributed by atoms with Crippen LogP contribution >= 0.6 is 0 Å². The van der Waals surface area contributed by atoms with Crippen LogP contribution in [0.1, 0.15) is 23.1 Å². The van der Waals surface area contributed by atoms with Gasteiger partial charge in [-0.3, -0.25) is 0 Å². The van der Waals surface area contributed by atoms with Crippen LogP contribution in [0.4, 0.5) is 17.6 Å². The number of hydrogen-bond acceptors (Lipinski definition) is 3. The summed E-state index contributed by atoms with van der Waals surface area (Å²) in [5.41, 5.74) is 3.31. The molecule has 0 atom stereocenters. The Labute approximate surface area is 201 Å². The molecule has 1 heterocycles. The van der Waals surface area contributed by atoms with E-state index >= 15 is 4.39 Å². The fraction of sp³-hybridized carbons (Fsp3) is 0.214. The standard InChI is InChI=1S/C28H24F4N2O/c1-2-3-4-20-16-33-27(34-17-20)23-11-14-25-22(15-23)10-9-21(26(25)29)8-5-19-6-12-24(13-7-19)35-18-28(30,31)32/h2,6-7,9-17H,1,3-5,8,18H2. The average molecular weight is 481 g/mol. The smallest absolute Gasteiger partial charge is 0.422 e. The van der Waals surface area contributed by atoms with E-state index in [0.717, 1.165) is 34.9 Å². The summed E-state index contributed by atoms with van der Waals surface area (Å²) in [5, 5.41) is 1.28. The van der Waals surface area contributed by atoms with Crippen LogP contribution in [0.25, 0.3) is 22.2 Å². The van der Waals surface area contributed by atoms with Gasteiger partial charge in [0.15, 0.2) is 12.4 Å². The minimum absolute atomic E-state index is 0.147. The molecule has 0 aliphatic carbocycles. The first kappa shape index (κ1) is 24.4. The van der Waals surface area contributed by atoms with Gasteiger partial charge in [0, 0.05) is 23.3 Å². The van der Waals surface area contributed by atoms with Crippen LogP contribution in [0.2, 0.25) is 0 Å². The summed E-state index contributed by atoms with van der Waals surface area (Å²) in [7, 11) is 0. The zero-order valence-corrected chi connectivity index (χ0v) is 19.0. The molecule has 3 aromatic carbocycles. The number of aryl methyl sites for hydroxylation is 3. The van der Waals surface area contributed by atoms with Crippen LogP contribution in [0.3, 0.4) is 0 Å².